The monoisotopic (exact) mass is 668 g/mol. The minimum atomic E-state index is -0.402. The molecule has 0 saturated heterocycles. The molecule has 0 aliphatic carbocycles. The van der Waals surface area contributed by atoms with Gasteiger partial charge in [-0.2, -0.15) is 10.5 Å². The van der Waals surface area contributed by atoms with E-state index in [1.165, 1.54) is 17.3 Å². The first-order chi connectivity index (χ1) is 25.5. The lowest BCUT2D eigenvalue weighted by Gasteiger charge is -2.18. The molecule has 3 aromatic heterocycles. The Bertz CT molecular complexity index is 2760. The summed E-state index contributed by atoms with van der Waals surface area (Å²) in [6.45, 7) is 0. The summed E-state index contributed by atoms with van der Waals surface area (Å²) in [5, 5.41) is 20.9. The number of pyridine rings is 2. The van der Waals surface area contributed by atoms with Crippen LogP contribution in [0, 0.1) is 22.7 Å². The average Bonchev–Trinajstić information content (AvgIpc) is 3.67. The molecular weight excluding hydrogens is 645 g/mol. The van der Waals surface area contributed by atoms with Gasteiger partial charge in [-0.1, -0.05) is 66.7 Å². The van der Waals surface area contributed by atoms with Crippen molar-refractivity contribution in [2.75, 3.05) is 4.90 Å². The summed E-state index contributed by atoms with van der Waals surface area (Å²) >= 11 is 0. The summed E-state index contributed by atoms with van der Waals surface area (Å²) in [7, 11) is 0. The average molecular weight is 669 g/mol. The molecule has 8 nitrogen and oxygen atoms in total. The first kappa shape index (κ1) is 30.4. The van der Waals surface area contributed by atoms with Gasteiger partial charge in [-0.15, -0.1) is 0 Å². The number of imide groups is 1. The lowest BCUT2D eigenvalue weighted by molar-refractivity contribution is 0.0926. The standard InChI is InChI=1S/C44H24N6O2/c45-21-27-17-32(25-47-23-27)30-13-15-39-36(19-30)37-20-31(33-18-28(22-46)24-48-26-33)14-16-40(37)49(39)41-12-6-10-35-42(41)44(52)50(43(35)51)38-11-5-4-9-34(38)29-7-2-1-3-8-29/h1-20,23-26H. The maximum absolute atomic E-state index is 14.6. The maximum atomic E-state index is 14.6. The van der Waals surface area contributed by atoms with Crippen molar-refractivity contribution in [2.24, 2.45) is 0 Å². The molecule has 1 aliphatic heterocycles. The van der Waals surface area contributed by atoms with Crippen molar-refractivity contribution >= 4 is 39.3 Å². The van der Waals surface area contributed by atoms with E-state index in [9.17, 15) is 20.1 Å². The topological polar surface area (TPSA) is 116 Å². The number of nitrogens with zero attached hydrogens (tertiary/aromatic N) is 6. The van der Waals surface area contributed by atoms with Crippen molar-refractivity contribution in [3.05, 3.63) is 168 Å². The van der Waals surface area contributed by atoms with Gasteiger partial charge < -0.3 is 4.57 Å². The van der Waals surface area contributed by atoms with E-state index >= 15 is 0 Å². The molecule has 0 atom stereocenters. The molecule has 0 unspecified atom stereocenters. The summed E-state index contributed by atoms with van der Waals surface area (Å²) in [6, 6.07) is 42.5. The number of rotatable bonds is 5. The van der Waals surface area contributed by atoms with E-state index in [-0.39, 0.29) is 5.91 Å². The van der Waals surface area contributed by atoms with E-state index in [0.717, 1.165) is 55.2 Å². The lowest BCUT2D eigenvalue weighted by atomic mass is 10.0. The molecule has 0 spiro atoms. The number of carbonyl (C=O) groups excluding carboxylic acids is 2. The largest absolute Gasteiger partial charge is 0.308 e. The minimum absolute atomic E-state index is 0.319. The van der Waals surface area contributed by atoms with E-state index in [4.69, 9.17) is 0 Å². The molecule has 0 bridgehead atoms. The Morgan fingerprint density at radius 2 is 1.04 bits per heavy atom. The summed E-state index contributed by atoms with van der Waals surface area (Å²) in [4.78, 5) is 38.6. The van der Waals surface area contributed by atoms with E-state index in [2.05, 4.69) is 34.2 Å². The molecule has 1 aliphatic rings. The van der Waals surface area contributed by atoms with E-state index in [1.807, 2.05) is 89.5 Å². The Hall–Kier alpha value is -7.68. The molecule has 242 valence electrons. The van der Waals surface area contributed by atoms with Crippen molar-refractivity contribution in [1.29, 1.82) is 10.5 Å². The zero-order chi connectivity index (χ0) is 35.3. The number of hydrogen-bond acceptors (Lipinski definition) is 6. The smallest absolute Gasteiger partial charge is 0.268 e. The van der Waals surface area contributed by atoms with Crippen LogP contribution in [0.4, 0.5) is 5.69 Å². The number of carbonyl (C=O) groups is 2. The van der Waals surface area contributed by atoms with Gasteiger partial charge in [-0.05, 0) is 71.3 Å². The first-order valence-corrected chi connectivity index (χ1v) is 16.5. The highest BCUT2D eigenvalue weighted by Crippen LogP contribution is 2.42. The van der Waals surface area contributed by atoms with E-state index in [0.29, 0.717) is 33.6 Å². The van der Waals surface area contributed by atoms with Crippen LogP contribution in [0.25, 0.3) is 60.9 Å². The van der Waals surface area contributed by atoms with Crippen LogP contribution < -0.4 is 4.90 Å². The minimum Gasteiger partial charge on any atom is -0.308 e. The second kappa shape index (κ2) is 12.0. The Morgan fingerprint density at radius 3 is 1.65 bits per heavy atom. The molecule has 4 heterocycles. The van der Waals surface area contributed by atoms with Crippen LogP contribution in [0.15, 0.2) is 146 Å². The second-order valence-corrected chi connectivity index (χ2v) is 12.5. The third-order valence-electron chi connectivity index (χ3n) is 9.53. The summed E-state index contributed by atoms with van der Waals surface area (Å²) in [6.07, 6.45) is 6.50. The van der Waals surface area contributed by atoms with Gasteiger partial charge in [0.2, 0.25) is 0 Å². The molecule has 0 saturated carbocycles. The number of benzene rings is 5. The predicted molar refractivity (Wildman–Crippen MR) is 200 cm³/mol. The molecule has 8 aromatic rings. The number of hydrogen-bond donors (Lipinski definition) is 0. The van der Waals surface area contributed by atoms with Crippen molar-refractivity contribution in [3.63, 3.8) is 0 Å². The third kappa shape index (κ3) is 4.75. The van der Waals surface area contributed by atoms with Crippen molar-refractivity contribution in [1.82, 2.24) is 14.5 Å². The third-order valence-corrected chi connectivity index (χ3v) is 9.53. The van der Waals surface area contributed by atoms with Gasteiger partial charge in [-0.3, -0.25) is 19.6 Å². The van der Waals surface area contributed by atoms with Gasteiger partial charge >= 0.3 is 0 Å². The summed E-state index contributed by atoms with van der Waals surface area (Å²) in [5.41, 5.74) is 9.27. The number of nitriles is 2. The van der Waals surface area contributed by atoms with Crippen LogP contribution in [0.5, 0.6) is 0 Å². The molecule has 0 fully saturated rings. The Kier molecular flexibility index (Phi) is 7.03. The zero-order valence-electron chi connectivity index (χ0n) is 27.4. The van der Waals surface area contributed by atoms with Crippen LogP contribution in [0.1, 0.15) is 31.8 Å². The second-order valence-electron chi connectivity index (χ2n) is 12.5. The number of anilines is 1. The fourth-order valence-electron chi connectivity index (χ4n) is 7.16. The molecule has 9 rings (SSSR count). The number of fused-ring (bicyclic) bond motifs is 4. The number of amides is 2. The molecule has 0 radical (unpaired) electrons. The highest BCUT2D eigenvalue weighted by molar-refractivity contribution is 6.36. The molecule has 2 amide bonds. The highest BCUT2D eigenvalue weighted by Gasteiger charge is 2.40. The van der Waals surface area contributed by atoms with Gasteiger partial charge in [0.25, 0.3) is 11.8 Å². The first-order valence-electron chi connectivity index (χ1n) is 16.5. The van der Waals surface area contributed by atoms with Crippen molar-refractivity contribution < 1.29 is 9.59 Å². The summed E-state index contributed by atoms with van der Waals surface area (Å²) < 4.78 is 2.03. The normalized spacial score (nSPS) is 12.2. The quantitative estimate of drug-likeness (QED) is 0.169. The highest BCUT2D eigenvalue weighted by atomic mass is 16.2. The molecule has 52 heavy (non-hydrogen) atoms. The fraction of sp³-hybridized carbons (Fsp3) is 0. The maximum Gasteiger partial charge on any atom is 0.268 e. The Morgan fingerprint density at radius 1 is 0.481 bits per heavy atom. The van der Waals surface area contributed by atoms with Crippen molar-refractivity contribution in [2.45, 2.75) is 0 Å². The van der Waals surface area contributed by atoms with Crippen LogP contribution in [-0.4, -0.2) is 26.3 Å². The predicted octanol–water partition coefficient (Wildman–Crippen LogP) is 9.12. The Labute approximate surface area is 297 Å². The van der Waals surface area contributed by atoms with Gasteiger partial charge in [0.05, 0.1) is 44.7 Å². The lowest BCUT2D eigenvalue weighted by Crippen LogP contribution is -2.30. The van der Waals surface area contributed by atoms with E-state index < -0.39 is 5.91 Å². The van der Waals surface area contributed by atoms with E-state index in [1.54, 1.807) is 36.7 Å². The van der Waals surface area contributed by atoms with Gasteiger partial charge in [0.1, 0.15) is 12.1 Å². The molecule has 0 N–H and O–H groups in total. The van der Waals surface area contributed by atoms with Crippen molar-refractivity contribution in [3.8, 4) is 51.2 Å². The number of aromatic nitrogens is 3. The molecule has 8 heteroatoms. The van der Waals surface area contributed by atoms with Crippen LogP contribution in [-0.2, 0) is 0 Å². The number of para-hydroxylation sites is 1. The Balaban J connectivity index is 1.27. The SMILES string of the molecule is N#Cc1cncc(-c2ccc3c(c2)c2cc(-c4cncc(C#N)c4)ccc2n3-c2cccc3c2C(=O)N(c2ccccc2-c2ccccc2)C3=O)c1. The fourth-order valence-corrected chi connectivity index (χ4v) is 7.16. The van der Waals surface area contributed by atoms with Crippen LogP contribution >= 0.6 is 0 Å². The van der Waals surface area contributed by atoms with Gasteiger partial charge in [0.15, 0.2) is 0 Å². The molecular formula is C44H24N6O2. The van der Waals surface area contributed by atoms with Crippen LogP contribution in [0.2, 0.25) is 0 Å². The van der Waals surface area contributed by atoms with Gasteiger partial charge in [-0.25, -0.2) is 4.90 Å². The molecule has 5 aromatic carbocycles. The zero-order valence-corrected chi connectivity index (χ0v) is 27.4. The van der Waals surface area contributed by atoms with Crippen LogP contribution in [0.3, 0.4) is 0 Å². The van der Waals surface area contributed by atoms with Gasteiger partial charge in [0, 0.05) is 52.3 Å². The summed E-state index contributed by atoms with van der Waals surface area (Å²) in [5.74, 6) is -0.786.